The predicted octanol–water partition coefficient (Wildman–Crippen LogP) is 2.61. The lowest BCUT2D eigenvalue weighted by Crippen LogP contribution is -2.22. The van der Waals surface area contributed by atoms with Gasteiger partial charge >= 0.3 is 0 Å². The highest BCUT2D eigenvalue weighted by molar-refractivity contribution is 5.92. The van der Waals surface area contributed by atoms with Crippen LogP contribution < -0.4 is 15.8 Å². The Labute approximate surface area is 103 Å². The molecule has 1 aromatic rings. The molecule has 0 aliphatic carbocycles. The van der Waals surface area contributed by atoms with Crippen molar-refractivity contribution < 1.29 is 4.74 Å². The summed E-state index contributed by atoms with van der Waals surface area (Å²) in [5, 5.41) is 3.04. The average Bonchev–Trinajstić information content (AvgIpc) is 2.36. The van der Waals surface area contributed by atoms with Gasteiger partial charge in [-0.3, -0.25) is 4.99 Å². The fraction of sp³-hybridized carbons (Fsp3) is 0.462. The molecule has 1 aromatic carbocycles. The molecule has 17 heavy (non-hydrogen) atoms. The second kappa shape index (κ2) is 7.54. The van der Waals surface area contributed by atoms with Crippen molar-refractivity contribution in [3.05, 3.63) is 24.3 Å². The summed E-state index contributed by atoms with van der Waals surface area (Å²) in [6, 6.07) is 7.58. The van der Waals surface area contributed by atoms with Gasteiger partial charge in [0.2, 0.25) is 0 Å². The molecule has 0 radical (unpaired) electrons. The van der Waals surface area contributed by atoms with Crippen molar-refractivity contribution in [2.75, 3.05) is 19.0 Å². The van der Waals surface area contributed by atoms with Gasteiger partial charge in [0.25, 0.3) is 0 Å². The van der Waals surface area contributed by atoms with Crippen molar-refractivity contribution in [3.8, 4) is 5.75 Å². The van der Waals surface area contributed by atoms with E-state index in [4.69, 9.17) is 10.5 Å². The molecule has 3 N–H and O–H groups in total. The van der Waals surface area contributed by atoms with Gasteiger partial charge < -0.3 is 15.8 Å². The van der Waals surface area contributed by atoms with E-state index in [0.717, 1.165) is 24.4 Å². The Morgan fingerprint density at radius 3 is 2.59 bits per heavy atom. The first-order chi connectivity index (χ1) is 8.26. The number of methoxy groups -OCH3 is 1. The standard InChI is InChI=1S/C13H21N3O/c1-3-4-5-10-15-13(14)16-11-6-8-12(17-2)9-7-11/h6-9H,3-5,10H2,1-2H3,(H3,14,15,16). The van der Waals surface area contributed by atoms with Gasteiger partial charge in [-0.25, -0.2) is 0 Å². The molecule has 0 amide bonds. The minimum absolute atomic E-state index is 0.464. The maximum absolute atomic E-state index is 5.77. The molecule has 0 bridgehead atoms. The van der Waals surface area contributed by atoms with E-state index in [0.29, 0.717) is 5.96 Å². The number of unbranched alkanes of at least 4 members (excludes halogenated alkanes) is 2. The summed E-state index contributed by atoms with van der Waals surface area (Å²) >= 11 is 0. The molecule has 0 aliphatic heterocycles. The van der Waals surface area contributed by atoms with Crippen LogP contribution in [-0.2, 0) is 0 Å². The van der Waals surface area contributed by atoms with Gasteiger partial charge in [-0.2, -0.15) is 0 Å². The van der Waals surface area contributed by atoms with Gasteiger partial charge in [0.15, 0.2) is 5.96 Å². The highest BCUT2D eigenvalue weighted by Gasteiger charge is 1.95. The van der Waals surface area contributed by atoms with E-state index in [1.807, 2.05) is 24.3 Å². The lowest BCUT2D eigenvalue weighted by molar-refractivity contribution is 0.415. The van der Waals surface area contributed by atoms with Gasteiger partial charge in [0.1, 0.15) is 5.75 Å². The molecular formula is C13H21N3O. The maximum atomic E-state index is 5.77. The summed E-state index contributed by atoms with van der Waals surface area (Å²) in [4.78, 5) is 4.25. The number of nitrogens with one attached hydrogen (secondary N) is 1. The molecule has 0 fully saturated rings. The molecule has 0 aromatic heterocycles. The van der Waals surface area contributed by atoms with Gasteiger partial charge in [-0.05, 0) is 30.7 Å². The zero-order valence-corrected chi connectivity index (χ0v) is 10.6. The van der Waals surface area contributed by atoms with Crippen LogP contribution in [0.2, 0.25) is 0 Å². The van der Waals surface area contributed by atoms with Crippen LogP contribution in [0.5, 0.6) is 5.75 Å². The van der Waals surface area contributed by atoms with Crippen LogP contribution >= 0.6 is 0 Å². The predicted molar refractivity (Wildman–Crippen MR) is 72.6 cm³/mol. The van der Waals surface area contributed by atoms with Crippen LogP contribution in [0.3, 0.4) is 0 Å². The molecule has 4 nitrogen and oxygen atoms in total. The van der Waals surface area contributed by atoms with Gasteiger partial charge in [-0.1, -0.05) is 19.8 Å². The molecule has 0 heterocycles. The molecule has 4 heteroatoms. The van der Waals surface area contributed by atoms with Crippen LogP contribution in [0.25, 0.3) is 0 Å². The number of rotatable bonds is 6. The Morgan fingerprint density at radius 1 is 1.29 bits per heavy atom. The quantitative estimate of drug-likeness (QED) is 0.452. The van der Waals surface area contributed by atoms with E-state index in [1.54, 1.807) is 7.11 Å². The van der Waals surface area contributed by atoms with E-state index in [-0.39, 0.29) is 0 Å². The Morgan fingerprint density at radius 2 is 2.00 bits per heavy atom. The summed E-state index contributed by atoms with van der Waals surface area (Å²) in [5.41, 5.74) is 6.69. The smallest absolute Gasteiger partial charge is 0.193 e. The molecule has 0 atom stereocenters. The largest absolute Gasteiger partial charge is 0.497 e. The Balaban J connectivity index is 2.41. The van der Waals surface area contributed by atoms with Crippen molar-refractivity contribution in [2.24, 2.45) is 10.7 Å². The van der Waals surface area contributed by atoms with Crippen LogP contribution in [0.1, 0.15) is 26.2 Å². The molecule has 0 saturated carbocycles. The Hall–Kier alpha value is -1.71. The second-order valence-corrected chi connectivity index (χ2v) is 3.83. The molecule has 0 saturated heterocycles. The highest BCUT2D eigenvalue weighted by Crippen LogP contribution is 2.14. The number of hydrogen-bond donors (Lipinski definition) is 2. The number of aliphatic imine (C=N–C) groups is 1. The first-order valence-corrected chi connectivity index (χ1v) is 5.97. The number of hydrogen-bond acceptors (Lipinski definition) is 2. The van der Waals surface area contributed by atoms with Gasteiger partial charge in [0, 0.05) is 12.2 Å². The summed E-state index contributed by atoms with van der Waals surface area (Å²) in [6.07, 6.45) is 3.47. The number of benzene rings is 1. The minimum atomic E-state index is 0.464. The molecule has 0 aliphatic rings. The zero-order valence-electron chi connectivity index (χ0n) is 10.6. The van der Waals surface area contributed by atoms with E-state index in [9.17, 15) is 0 Å². The summed E-state index contributed by atoms with van der Waals surface area (Å²) in [5.74, 6) is 1.29. The normalized spacial score (nSPS) is 11.3. The topological polar surface area (TPSA) is 59.6 Å². The third-order valence-corrected chi connectivity index (χ3v) is 2.41. The molecule has 0 spiro atoms. The monoisotopic (exact) mass is 235 g/mol. The average molecular weight is 235 g/mol. The molecule has 0 unspecified atom stereocenters. The van der Waals surface area contributed by atoms with Crippen LogP contribution in [0.4, 0.5) is 5.69 Å². The van der Waals surface area contributed by atoms with E-state index in [2.05, 4.69) is 17.2 Å². The summed E-state index contributed by atoms with van der Waals surface area (Å²) < 4.78 is 5.08. The third-order valence-electron chi connectivity index (χ3n) is 2.41. The Bertz CT molecular complexity index is 346. The molecule has 94 valence electrons. The van der Waals surface area contributed by atoms with E-state index < -0.39 is 0 Å². The van der Waals surface area contributed by atoms with Crippen LogP contribution in [0.15, 0.2) is 29.3 Å². The van der Waals surface area contributed by atoms with E-state index in [1.165, 1.54) is 12.8 Å². The molecule has 1 rings (SSSR count). The summed E-state index contributed by atoms with van der Waals surface area (Å²) in [7, 11) is 1.64. The van der Waals surface area contributed by atoms with Crippen LogP contribution in [-0.4, -0.2) is 19.6 Å². The lowest BCUT2D eigenvalue weighted by Gasteiger charge is -2.06. The number of anilines is 1. The fourth-order valence-electron chi connectivity index (χ4n) is 1.42. The van der Waals surface area contributed by atoms with Gasteiger partial charge in [0.05, 0.1) is 7.11 Å². The van der Waals surface area contributed by atoms with Crippen LogP contribution in [0, 0.1) is 0 Å². The first kappa shape index (κ1) is 13.4. The van der Waals surface area contributed by atoms with E-state index >= 15 is 0 Å². The Kier molecular flexibility index (Phi) is 5.93. The van der Waals surface area contributed by atoms with Crippen molar-refractivity contribution in [1.82, 2.24) is 0 Å². The van der Waals surface area contributed by atoms with Crippen molar-refractivity contribution in [3.63, 3.8) is 0 Å². The third kappa shape index (κ3) is 5.24. The second-order valence-electron chi connectivity index (χ2n) is 3.83. The number of guanidine groups is 1. The first-order valence-electron chi connectivity index (χ1n) is 5.97. The summed E-state index contributed by atoms with van der Waals surface area (Å²) in [6.45, 7) is 2.95. The fourth-order valence-corrected chi connectivity index (χ4v) is 1.42. The lowest BCUT2D eigenvalue weighted by atomic mass is 10.2. The number of nitrogens with two attached hydrogens (primary N) is 1. The molecular weight excluding hydrogens is 214 g/mol. The SMILES string of the molecule is CCCCCN=C(N)Nc1ccc(OC)cc1. The van der Waals surface area contributed by atoms with Crippen molar-refractivity contribution in [1.29, 1.82) is 0 Å². The van der Waals surface area contributed by atoms with Crippen molar-refractivity contribution >= 4 is 11.6 Å². The van der Waals surface area contributed by atoms with Gasteiger partial charge in [-0.15, -0.1) is 0 Å². The number of ether oxygens (including phenoxy) is 1. The zero-order chi connectivity index (χ0) is 12.5. The maximum Gasteiger partial charge on any atom is 0.193 e. The van der Waals surface area contributed by atoms with Crippen molar-refractivity contribution in [2.45, 2.75) is 26.2 Å². The minimum Gasteiger partial charge on any atom is -0.497 e. The number of nitrogens with zero attached hydrogens (tertiary/aromatic N) is 1. The highest BCUT2D eigenvalue weighted by atomic mass is 16.5.